The van der Waals surface area contributed by atoms with Gasteiger partial charge in [-0.05, 0) is 36.5 Å². The maximum Gasteiger partial charge on any atom is 0.251 e. The molecule has 0 spiro atoms. The topological polar surface area (TPSA) is 56.3 Å². The first-order chi connectivity index (χ1) is 9.65. The minimum atomic E-state index is -0.0631. The van der Waals surface area contributed by atoms with Gasteiger partial charge < -0.3 is 10.2 Å². The first-order valence-corrected chi connectivity index (χ1v) is 7.11. The van der Waals surface area contributed by atoms with Gasteiger partial charge in [0.05, 0.1) is 0 Å². The molecule has 0 amide bonds. The van der Waals surface area contributed by atoms with Gasteiger partial charge in [-0.25, -0.2) is 0 Å². The second-order valence-corrected chi connectivity index (χ2v) is 4.56. The molecule has 0 unspecified atom stereocenters. The summed E-state index contributed by atoms with van der Waals surface area (Å²) in [5, 5.41) is 10.6. The average molecular weight is 276 g/mol. The molecule has 0 bridgehead atoms. The van der Waals surface area contributed by atoms with Crippen LogP contribution in [0, 0.1) is 0 Å². The van der Waals surface area contributed by atoms with E-state index in [2.05, 4.69) is 18.1 Å². The quantitative estimate of drug-likeness (QED) is 0.891. The number of hydrogen-bond donors (Lipinski definition) is 2. The van der Waals surface area contributed by atoms with E-state index in [1.165, 1.54) is 5.06 Å². The Kier molecular flexibility index (Phi) is 6.42. The first kappa shape index (κ1) is 16.4. The number of nitrogens with one attached hydrogen (secondary N) is 1. The number of aromatic nitrogens is 1. The number of nitrogens with zero attached hydrogens (tertiary/aromatic N) is 1. The Balaban J connectivity index is 0.000000956. The van der Waals surface area contributed by atoms with Gasteiger partial charge in [0.2, 0.25) is 0 Å². The van der Waals surface area contributed by atoms with Crippen LogP contribution in [0.3, 0.4) is 0 Å². The monoisotopic (exact) mass is 276 g/mol. The summed E-state index contributed by atoms with van der Waals surface area (Å²) in [5.41, 5.74) is 2.32. The fraction of sp³-hybridized carbons (Fsp3) is 0.438. The Bertz CT molecular complexity index is 512. The second kappa shape index (κ2) is 7.82. The largest absolute Gasteiger partial charge is 0.322 e. The van der Waals surface area contributed by atoms with E-state index in [1.807, 2.05) is 19.9 Å². The zero-order valence-corrected chi connectivity index (χ0v) is 12.4. The van der Waals surface area contributed by atoms with Gasteiger partial charge in [0, 0.05) is 24.3 Å². The van der Waals surface area contributed by atoms with E-state index in [0.29, 0.717) is 18.8 Å². The summed E-state index contributed by atoms with van der Waals surface area (Å²) in [6.45, 7) is 12.6. The van der Waals surface area contributed by atoms with Crippen LogP contribution in [0.4, 0.5) is 0 Å². The molecular weight excluding hydrogens is 252 g/mol. The Morgan fingerprint density at radius 3 is 2.40 bits per heavy atom. The number of hydroxylamine groups is 2. The highest BCUT2D eigenvalue weighted by atomic mass is 16.5. The number of aromatic amines is 1. The lowest BCUT2D eigenvalue weighted by Crippen LogP contribution is -2.32. The maximum absolute atomic E-state index is 12.0. The van der Waals surface area contributed by atoms with Crippen LogP contribution >= 0.6 is 0 Å². The van der Waals surface area contributed by atoms with Crippen molar-refractivity contribution in [2.24, 2.45) is 0 Å². The molecule has 4 nitrogen and oxygen atoms in total. The van der Waals surface area contributed by atoms with Crippen molar-refractivity contribution in [3.05, 3.63) is 46.4 Å². The Morgan fingerprint density at radius 2 is 1.90 bits per heavy atom. The van der Waals surface area contributed by atoms with E-state index < -0.39 is 0 Å². The molecule has 2 N–H and O–H groups in total. The van der Waals surface area contributed by atoms with E-state index in [-0.39, 0.29) is 11.5 Å². The van der Waals surface area contributed by atoms with Crippen LogP contribution in [0.1, 0.15) is 49.4 Å². The summed E-state index contributed by atoms with van der Waals surface area (Å²) in [4.78, 5) is 14.9. The van der Waals surface area contributed by atoms with Gasteiger partial charge in [-0.3, -0.25) is 4.79 Å². The van der Waals surface area contributed by atoms with Crippen LogP contribution in [0.5, 0.6) is 0 Å². The van der Waals surface area contributed by atoms with E-state index >= 15 is 0 Å². The lowest BCUT2D eigenvalue weighted by Gasteiger charge is -2.27. The number of H-pyrrole nitrogens is 1. The number of rotatable bonds is 3. The number of piperidine rings is 1. The predicted octanol–water partition coefficient (Wildman–Crippen LogP) is 3.26. The van der Waals surface area contributed by atoms with Gasteiger partial charge in [-0.15, -0.1) is 0 Å². The lowest BCUT2D eigenvalue weighted by molar-refractivity contribution is -0.106. The van der Waals surface area contributed by atoms with Crippen molar-refractivity contribution in [2.75, 3.05) is 13.1 Å². The minimum Gasteiger partial charge on any atom is -0.322 e. The van der Waals surface area contributed by atoms with E-state index in [1.54, 1.807) is 12.2 Å². The average Bonchev–Trinajstić information content (AvgIpc) is 2.50. The molecule has 1 aliphatic heterocycles. The van der Waals surface area contributed by atoms with Crippen LogP contribution in [-0.4, -0.2) is 28.3 Å². The van der Waals surface area contributed by atoms with E-state index in [4.69, 9.17) is 0 Å². The van der Waals surface area contributed by atoms with Crippen molar-refractivity contribution in [1.29, 1.82) is 0 Å². The summed E-state index contributed by atoms with van der Waals surface area (Å²) in [5.74, 6) is 0.203. The Morgan fingerprint density at radius 1 is 1.30 bits per heavy atom. The smallest absolute Gasteiger partial charge is 0.251 e. The standard InChI is InChI=1S/C14H18N2O2.C2H6/c1-3-10-9-12(14(17)15-13(10)4-2)11-5-7-16(18)8-6-11;1-2/h3-4,9,11,18H,1-2,5-8H2,(H,15,17);1-2H3. The van der Waals surface area contributed by atoms with E-state index in [9.17, 15) is 10.0 Å². The summed E-state index contributed by atoms with van der Waals surface area (Å²) >= 11 is 0. The lowest BCUT2D eigenvalue weighted by atomic mass is 9.90. The van der Waals surface area contributed by atoms with Crippen molar-refractivity contribution >= 4 is 12.2 Å². The molecular formula is C16H24N2O2. The van der Waals surface area contributed by atoms with E-state index in [0.717, 1.165) is 24.0 Å². The third-order valence-electron chi connectivity index (χ3n) is 3.47. The molecule has 1 aromatic rings. The molecule has 1 saturated heterocycles. The molecule has 2 rings (SSSR count). The van der Waals surface area contributed by atoms with Crippen molar-refractivity contribution in [2.45, 2.75) is 32.6 Å². The van der Waals surface area contributed by atoms with Gasteiger partial charge in [-0.1, -0.05) is 33.1 Å². The van der Waals surface area contributed by atoms with Gasteiger partial charge in [-0.2, -0.15) is 5.06 Å². The molecule has 0 aromatic carbocycles. The highest BCUT2D eigenvalue weighted by Crippen LogP contribution is 2.26. The molecule has 1 aromatic heterocycles. The highest BCUT2D eigenvalue weighted by molar-refractivity contribution is 5.61. The molecule has 20 heavy (non-hydrogen) atoms. The van der Waals surface area contributed by atoms with Crippen LogP contribution in [0.15, 0.2) is 24.0 Å². The second-order valence-electron chi connectivity index (χ2n) is 4.56. The summed E-state index contributed by atoms with van der Waals surface area (Å²) in [7, 11) is 0. The molecule has 1 fully saturated rings. The zero-order chi connectivity index (χ0) is 15.1. The molecule has 0 atom stereocenters. The molecule has 1 aliphatic rings. The molecule has 110 valence electrons. The van der Waals surface area contributed by atoms with Crippen LogP contribution in [0.2, 0.25) is 0 Å². The third-order valence-corrected chi connectivity index (χ3v) is 3.47. The summed E-state index contributed by atoms with van der Waals surface area (Å²) in [6, 6.07) is 1.89. The Hall–Kier alpha value is -1.65. The predicted molar refractivity (Wildman–Crippen MR) is 83.9 cm³/mol. The summed E-state index contributed by atoms with van der Waals surface area (Å²) in [6.07, 6.45) is 4.93. The van der Waals surface area contributed by atoms with Crippen molar-refractivity contribution in [1.82, 2.24) is 10.0 Å². The Labute approximate surface area is 120 Å². The molecule has 4 heteroatoms. The molecule has 0 saturated carbocycles. The van der Waals surface area contributed by atoms with Crippen LogP contribution in [0.25, 0.3) is 12.2 Å². The van der Waals surface area contributed by atoms with Crippen molar-refractivity contribution in [3.63, 3.8) is 0 Å². The number of pyridine rings is 1. The summed E-state index contributed by atoms with van der Waals surface area (Å²) < 4.78 is 0. The highest BCUT2D eigenvalue weighted by Gasteiger charge is 2.22. The minimum absolute atomic E-state index is 0.0631. The maximum atomic E-state index is 12.0. The fourth-order valence-electron chi connectivity index (χ4n) is 2.40. The van der Waals surface area contributed by atoms with Gasteiger partial charge in [0.1, 0.15) is 0 Å². The molecule has 2 heterocycles. The van der Waals surface area contributed by atoms with Crippen LogP contribution in [-0.2, 0) is 0 Å². The molecule has 0 aliphatic carbocycles. The first-order valence-electron chi connectivity index (χ1n) is 7.11. The SMILES string of the molecule is C=Cc1cc(C2CCN(O)CC2)c(=O)[nH]c1C=C.CC. The van der Waals surface area contributed by atoms with Crippen molar-refractivity contribution in [3.8, 4) is 0 Å². The third kappa shape index (κ3) is 3.68. The van der Waals surface area contributed by atoms with Gasteiger partial charge >= 0.3 is 0 Å². The van der Waals surface area contributed by atoms with Crippen molar-refractivity contribution < 1.29 is 5.21 Å². The number of hydrogen-bond acceptors (Lipinski definition) is 3. The van der Waals surface area contributed by atoms with Gasteiger partial charge in [0.25, 0.3) is 5.56 Å². The van der Waals surface area contributed by atoms with Gasteiger partial charge in [0.15, 0.2) is 0 Å². The zero-order valence-electron chi connectivity index (χ0n) is 12.4. The van der Waals surface area contributed by atoms with Crippen LogP contribution < -0.4 is 5.56 Å². The fourth-order valence-corrected chi connectivity index (χ4v) is 2.40. The molecule has 0 radical (unpaired) electrons. The normalized spacial score (nSPS) is 16.1.